The van der Waals surface area contributed by atoms with Gasteiger partial charge in [0.15, 0.2) is 0 Å². The van der Waals surface area contributed by atoms with Gasteiger partial charge < -0.3 is 9.90 Å². The highest BCUT2D eigenvalue weighted by Crippen LogP contribution is 2.65. The molecule has 4 aliphatic carbocycles. The number of carboxylic acids is 1. The van der Waals surface area contributed by atoms with Crippen LogP contribution in [0.3, 0.4) is 0 Å². The van der Waals surface area contributed by atoms with E-state index in [-0.39, 0.29) is 41.0 Å². The van der Waals surface area contributed by atoms with E-state index in [1.54, 1.807) is 6.07 Å². The molecular formula is C18H14NO4-. The summed E-state index contributed by atoms with van der Waals surface area (Å²) in [5.74, 6) is -0.774. The molecule has 5 aliphatic rings. The van der Waals surface area contributed by atoms with Gasteiger partial charge in [-0.2, -0.15) is 0 Å². The molecule has 5 nitrogen and oxygen atoms in total. The molecular weight excluding hydrogens is 294 g/mol. The number of amides is 2. The Labute approximate surface area is 132 Å². The van der Waals surface area contributed by atoms with Crippen molar-refractivity contribution in [3.05, 3.63) is 42.0 Å². The summed E-state index contributed by atoms with van der Waals surface area (Å²) in [4.78, 5) is 38.0. The van der Waals surface area contributed by atoms with Gasteiger partial charge >= 0.3 is 0 Å². The van der Waals surface area contributed by atoms with Crippen LogP contribution < -0.4 is 10.0 Å². The second-order valence-corrected chi connectivity index (χ2v) is 7.00. The lowest BCUT2D eigenvalue weighted by atomic mass is 9.63. The number of nitrogens with zero attached hydrogens (tertiary/aromatic N) is 1. The lowest BCUT2D eigenvalue weighted by Gasteiger charge is -2.37. The molecule has 6 atom stereocenters. The molecule has 2 amide bonds. The summed E-state index contributed by atoms with van der Waals surface area (Å²) in [6.45, 7) is 0. The lowest BCUT2D eigenvalue weighted by molar-refractivity contribution is -0.255. The van der Waals surface area contributed by atoms with Crippen LogP contribution in [-0.4, -0.2) is 17.8 Å². The van der Waals surface area contributed by atoms with E-state index in [9.17, 15) is 19.5 Å². The maximum atomic E-state index is 12.9. The molecule has 1 saturated heterocycles. The topological polar surface area (TPSA) is 77.5 Å². The summed E-state index contributed by atoms with van der Waals surface area (Å²) in [5, 5.41) is 11.0. The van der Waals surface area contributed by atoms with E-state index < -0.39 is 5.97 Å². The van der Waals surface area contributed by atoms with Gasteiger partial charge in [-0.1, -0.05) is 24.3 Å². The smallest absolute Gasteiger partial charge is 0.238 e. The van der Waals surface area contributed by atoms with Gasteiger partial charge in [-0.15, -0.1) is 0 Å². The zero-order valence-corrected chi connectivity index (χ0v) is 12.2. The summed E-state index contributed by atoms with van der Waals surface area (Å²) in [7, 11) is 0. The second kappa shape index (κ2) is 4.10. The maximum absolute atomic E-state index is 12.9. The fraction of sp³-hybridized carbons (Fsp3) is 0.389. The summed E-state index contributed by atoms with van der Waals surface area (Å²) in [5.41, 5.74) is 0.311. The monoisotopic (exact) mass is 308 g/mol. The highest BCUT2D eigenvalue weighted by Gasteiger charge is 2.67. The molecule has 2 bridgehead atoms. The van der Waals surface area contributed by atoms with Crippen LogP contribution in [0.5, 0.6) is 0 Å². The van der Waals surface area contributed by atoms with E-state index in [1.165, 1.54) is 23.1 Å². The largest absolute Gasteiger partial charge is 0.545 e. The Hall–Kier alpha value is -2.43. The van der Waals surface area contributed by atoms with E-state index >= 15 is 0 Å². The molecule has 2 saturated carbocycles. The second-order valence-electron chi connectivity index (χ2n) is 7.00. The molecule has 0 N–H and O–H groups in total. The minimum Gasteiger partial charge on any atom is -0.545 e. The van der Waals surface area contributed by atoms with Gasteiger partial charge in [-0.05, 0) is 47.8 Å². The number of hydrogen-bond donors (Lipinski definition) is 0. The van der Waals surface area contributed by atoms with Gasteiger partial charge in [0.1, 0.15) is 0 Å². The third-order valence-corrected chi connectivity index (χ3v) is 6.00. The fourth-order valence-electron chi connectivity index (χ4n) is 4.98. The van der Waals surface area contributed by atoms with Crippen LogP contribution in [0.1, 0.15) is 16.8 Å². The SMILES string of the molecule is O=C([O-])c1cccc(N2C(=O)[C@@H]3[C@H]4C=C[C@H]([C@@H]5C[C@H]45)[C@@H]3C2=O)c1. The Morgan fingerprint density at radius 3 is 2.22 bits per heavy atom. The summed E-state index contributed by atoms with van der Waals surface area (Å²) >= 11 is 0. The minimum atomic E-state index is -1.31. The van der Waals surface area contributed by atoms with Crippen LogP contribution in [-0.2, 0) is 9.59 Å². The predicted octanol–water partition coefficient (Wildman–Crippen LogP) is 0.608. The van der Waals surface area contributed by atoms with E-state index in [1.807, 2.05) is 0 Å². The number of anilines is 1. The van der Waals surface area contributed by atoms with Crippen molar-refractivity contribution in [2.24, 2.45) is 35.5 Å². The molecule has 1 aliphatic heterocycles. The van der Waals surface area contributed by atoms with Crippen LogP contribution in [0.2, 0.25) is 0 Å². The van der Waals surface area contributed by atoms with Crippen molar-refractivity contribution in [2.75, 3.05) is 4.90 Å². The van der Waals surface area contributed by atoms with Crippen LogP contribution >= 0.6 is 0 Å². The van der Waals surface area contributed by atoms with Crippen LogP contribution in [0.15, 0.2) is 36.4 Å². The molecule has 6 rings (SSSR count). The van der Waals surface area contributed by atoms with Crippen LogP contribution in [0.4, 0.5) is 5.69 Å². The molecule has 0 spiro atoms. The summed E-state index contributed by atoms with van der Waals surface area (Å²) in [6, 6.07) is 5.89. The molecule has 23 heavy (non-hydrogen) atoms. The van der Waals surface area contributed by atoms with Crippen molar-refractivity contribution < 1.29 is 19.5 Å². The average Bonchev–Trinajstić information content (AvgIpc) is 3.32. The molecule has 0 radical (unpaired) electrons. The van der Waals surface area contributed by atoms with Gasteiger partial charge in [-0.25, -0.2) is 4.90 Å². The Kier molecular flexibility index (Phi) is 2.33. The average molecular weight is 308 g/mol. The van der Waals surface area contributed by atoms with E-state index in [0.29, 0.717) is 17.5 Å². The van der Waals surface area contributed by atoms with Gasteiger partial charge in [0.05, 0.1) is 23.5 Å². The summed E-state index contributed by atoms with van der Waals surface area (Å²) < 4.78 is 0. The first-order valence-electron chi connectivity index (χ1n) is 7.95. The van der Waals surface area contributed by atoms with Crippen molar-refractivity contribution in [3.63, 3.8) is 0 Å². The third-order valence-electron chi connectivity index (χ3n) is 6.00. The van der Waals surface area contributed by atoms with E-state index in [4.69, 9.17) is 0 Å². The maximum Gasteiger partial charge on any atom is 0.238 e. The number of benzene rings is 1. The number of imide groups is 1. The van der Waals surface area contributed by atoms with Crippen molar-refractivity contribution in [1.82, 2.24) is 0 Å². The quantitative estimate of drug-likeness (QED) is 0.592. The van der Waals surface area contributed by atoms with Crippen LogP contribution in [0.25, 0.3) is 0 Å². The Balaban J connectivity index is 1.57. The Morgan fingerprint density at radius 2 is 1.65 bits per heavy atom. The number of carboxylic acid groups (broad SMARTS) is 1. The molecule has 3 fully saturated rings. The molecule has 0 aromatic heterocycles. The standard InChI is InChI=1S/C18H15NO4/c20-16-14-10-4-5-11(13-7-12(10)13)15(14)17(21)19(16)9-3-1-2-8(6-9)18(22)23/h1-6,10-15H,7H2,(H,22,23)/p-1/t10-,11+,12+,13-,14+,15-. The molecule has 5 heteroatoms. The lowest BCUT2D eigenvalue weighted by Crippen LogP contribution is -2.40. The first-order valence-corrected chi connectivity index (χ1v) is 7.95. The number of carbonyl (C=O) groups excluding carboxylic acids is 3. The highest BCUT2D eigenvalue weighted by atomic mass is 16.4. The molecule has 116 valence electrons. The van der Waals surface area contributed by atoms with Crippen LogP contribution in [0, 0.1) is 35.5 Å². The van der Waals surface area contributed by atoms with Gasteiger partial charge in [0.25, 0.3) is 0 Å². The van der Waals surface area contributed by atoms with Gasteiger partial charge in [0.2, 0.25) is 11.8 Å². The Bertz CT molecular complexity index is 762. The van der Waals surface area contributed by atoms with Crippen molar-refractivity contribution >= 4 is 23.5 Å². The normalized spacial score (nSPS) is 39.4. The predicted molar refractivity (Wildman–Crippen MR) is 78.0 cm³/mol. The third kappa shape index (κ3) is 1.54. The Morgan fingerprint density at radius 1 is 1.04 bits per heavy atom. The first-order chi connectivity index (χ1) is 11.1. The van der Waals surface area contributed by atoms with E-state index in [2.05, 4.69) is 12.2 Å². The number of carbonyl (C=O) groups is 3. The number of rotatable bonds is 2. The first kappa shape index (κ1) is 13.0. The number of hydrogen-bond acceptors (Lipinski definition) is 4. The van der Waals surface area contributed by atoms with Crippen molar-refractivity contribution in [3.8, 4) is 0 Å². The zero-order valence-electron chi connectivity index (χ0n) is 12.2. The fourth-order valence-corrected chi connectivity index (χ4v) is 4.98. The molecule has 1 aromatic carbocycles. The van der Waals surface area contributed by atoms with Crippen molar-refractivity contribution in [1.29, 1.82) is 0 Å². The zero-order chi connectivity index (χ0) is 15.9. The minimum absolute atomic E-state index is 0.0260. The molecule has 0 unspecified atom stereocenters. The number of allylic oxidation sites excluding steroid dienone is 2. The highest BCUT2D eigenvalue weighted by molar-refractivity contribution is 6.22. The number of aromatic carboxylic acids is 1. The molecule has 1 heterocycles. The summed E-state index contributed by atoms with van der Waals surface area (Å²) in [6.07, 6.45) is 5.36. The van der Waals surface area contributed by atoms with Gasteiger partial charge in [0, 0.05) is 0 Å². The molecule has 1 aromatic rings. The van der Waals surface area contributed by atoms with Gasteiger partial charge in [-0.3, -0.25) is 9.59 Å². The van der Waals surface area contributed by atoms with E-state index in [0.717, 1.165) is 6.42 Å². The van der Waals surface area contributed by atoms with Crippen molar-refractivity contribution in [2.45, 2.75) is 6.42 Å².